The fourth-order valence-corrected chi connectivity index (χ4v) is 6.34. The molecule has 11 nitrogen and oxygen atoms in total. The highest BCUT2D eigenvalue weighted by molar-refractivity contribution is 5.91. The Kier molecular flexibility index (Phi) is 11.7. The monoisotopic (exact) mass is 689 g/mol. The number of pyridine rings is 1. The topological polar surface area (TPSA) is 156 Å². The Bertz CT molecular complexity index is 1990. The number of H-pyrrole nitrogens is 1. The molecule has 0 bridgehead atoms. The normalized spacial score (nSPS) is 14.2. The third-order valence-corrected chi connectivity index (χ3v) is 9.16. The summed E-state index contributed by atoms with van der Waals surface area (Å²) in [7, 11) is 0. The van der Waals surface area contributed by atoms with E-state index in [4.69, 9.17) is 4.74 Å². The van der Waals surface area contributed by atoms with E-state index in [0.29, 0.717) is 61.1 Å². The number of nitrogens with zero attached hydrogens (tertiary/aromatic N) is 1. The van der Waals surface area contributed by atoms with Gasteiger partial charge >= 0.3 is 6.09 Å². The van der Waals surface area contributed by atoms with Crippen LogP contribution in [0.3, 0.4) is 0 Å². The zero-order valence-electron chi connectivity index (χ0n) is 28.3. The maximum Gasteiger partial charge on any atom is 0.411 e. The number of carbonyl (C=O) groups is 2. The van der Waals surface area contributed by atoms with Crippen molar-refractivity contribution >= 4 is 28.6 Å². The number of phenolic OH excluding ortho intramolecular Hbond substituents is 1. The van der Waals surface area contributed by atoms with E-state index in [9.17, 15) is 24.6 Å². The summed E-state index contributed by atoms with van der Waals surface area (Å²) in [5.74, 6) is -0.0640. The van der Waals surface area contributed by atoms with Gasteiger partial charge in [-0.25, -0.2) is 4.79 Å². The molecule has 1 aromatic heterocycles. The Balaban J connectivity index is 0.864. The second kappa shape index (κ2) is 16.9. The number of ether oxygens (including phenoxy) is 1. The van der Waals surface area contributed by atoms with Gasteiger partial charge in [0.2, 0.25) is 11.5 Å². The van der Waals surface area contributed by atoms with Gasteiger partial charge in [-0.3, -0.25) is 14.9 Å². The maximum absolute atomic E-state index is 12.7. The molecule has 2 heterocycles. The minimum absolute atomic E-state index is 0.0182. The quantitative estimate of drug-likeness (QED) is 0.0955. The number of piperidine rings is 1. The van der Waals surface area contributed by atoms with Crippen LogP contribution in [0.5, 0.6) is 5.75 Å². The summed E-state index contributed by atoms with van der Waals surface area (Å²) in [5.41, 5.74) is 5.26. The van der Waals surface area contributed by atoms with E-state index in [1.165, 1.54) is 12.1 Å². The van der Waals surface area contributed by atoms with Crippen LogP contribution in [0.1, 0.15) is 42.1 Å². The van der Waals surface area contributed by atoms with Gasteiger partial charge in [0.15, 0.2) is 0 Å². The molecule has 4 aromatic carbocycles. The fraction of sp³-hybridized carbons (Fsp3) is 0.275. The molecule has 1 fully saturated rings. The summed E-state index contributed by atoms with van der Waals surface area (Å²) in [4.78, 5) is 41.8. The van der Waals surface area contributed by atoms with Crippen molar-refractivity contribution in [2.75, 3.05) is 31.5 Å². The van der Waals surface area contributed by atoms with E-state index in [0.717, 1.165) is 35.3 Å². The van der Waals surface area contributed by atoms with Gasteiger partial charge in [0.05, 0.1) is 17.3 Å². The predicted octanol–water partition coefficient (Wildman–Crippen LogP) is 5.44. The molecule has 0 spiro atoms. The molecule has 1 saturated heterocycles. The average Bonchev–Trinajstić information content (AvgIpc) is 3.15. The summed E-state index contributed by atoms with van der Waals surface area (Å²) < 4.78 is 5.74. The predicted molar refractivity (Wildman–Crippen MR) is 197 cm³/mol. The molecule has 1 aliphatic rings. The number of amides is 2. The Morgan fingerprint density at radius 3 is 2.33 bits per heavy atom. The lowest BCUT2D eigenvalue weighted by Gasteiger charge is -2.31. The number of hydrogen-bond donors (Lipinski definition) is 6. The summed E-state index contributed by atoms with van der Waals surface area (Å²) in [6.07, 6.45) is 0.345. The molecular formula is C40H43N5O6. The Labute approximate surface area is 296 Å². The number of aliphatic hydroxyl groups excluding tert-OH is 1. The molecule has 6 rings (SSSR count). The van der Waals surface area contributed by atoms with Crippen LogP contribution >= 0.6 is 0 Å². The van der Waals surface area contributed by atoms with Crippen molar-refractivity contribution in [3.63, 3.8) is 0 Å². The highest BCUT2D eigenvalue weighted by Gasteiger charge is 2.23. The molecule has 1 atom stereocenters. The van der Waals surface area contributed by atoms with Gasteiger partial charge < -0.3 is 35.5 Å². The number of para-hydroxylation sites is 1. The van der Waals surface area contributed by atoms with Crippen molar-refractivity contribution in [1.29, 1.82) is 0 Å². The lowest BCUT2D eigenvalue weighted by atomic mass is 10.0. The van der Waals surface area contributed by atoms with E-state index in [2.05, 4.69) is 25.8 Å². The molecule has 2 amide bonds. The second-order valence-electron chi connectivity index (χ2n) is 12.8. The Morgan fingerprint density at radius 1 is 0.863 bits per heavy atom. The van der Waals surface area contributed by atoms with Gasteiger partial charge in [0.25, 0.3) is 0 Å². The third kappa shape index (κ3) is 9.61. The highest BCUT2D eigenvalue weighted by atomic mass is 16.6. The van der Waals surface area contributed by atoms with E-state index >= 15 is 0 Å². The first-order valence-electron chi connectivity index (χ1n) is 17.2. The average molecular weight is 690 g/mol. The molecule has 1 aliphatic heterocycles. The number of aromatic hydroxyl groups is 1. The molecule has 0 unspecified atom stereocenters. The van der Waals surface area contributed by atoms with Crippen LogP contribution in [0.2, 0.25) is 0 Å². The smallest absolute Gasteiger partial charge is 0.411 e. The van der Waals surface area contributed by atoms with Crippen molar-refractivity contribution < 1.29 is 24.5 Å². The lowest BCUT2D eigenvalue weighted by Crippen LogP contribution is -2.40. The maximum atomic E-state index is 12.7. The standard InChI is InChI=1S/C40H43N5O6/c46-35-16-14-32(33-15-17-38(49)44-39(33)35)36(47)26-41-24-27-10-12-28(13-11-27)25-42-37(48)20-23-45-21-18-30(19-22-45)51-40(50)43-34-9-5-4-8-31(34)29-6-2-1-3-7-29/h1-17,30,36,41,46-47H,18-26H2,(H,42,48)(H,43,50)(H,44,49)/t36-/m0/s1. The number of benzene rings is 4. The summed E-state index contributed by atoms with van der Waals surface area (Å²) in [5, 5.41) is 30.6. The first kappa shape index (κ1) is 35.3. The van der Waals surface area contributed by atoms with E-state index in [1.807, 2.05) is 78.9 Å². The van der Waals surface area contributed by atoms with Crippen molar-refractivity contribution in [3.8, 4) is 16.9 Å². The van der Waals surface area contributed by atoms with Crippen LogP contribution < -0.4 is 21.5 Å². The summed E-state index contributed by atoms with van der Waals surface area (Å²) in [6.45, 7) is 3.39. The van der Waals surface area contributed by atoms with Crippen molar-refractivity contribution in [3.05, 3.63) is 130 Å². The van der Waals surface area contributed by atoms with E-state index < -0.39 is 12.2 Å². The minimum atomic E-state index is -0.839. The number of nitrogens with one attached hydrogen (secondary N) is 4. The van der Waals surface area contributed by atoms with Gasteiger partial charge in [-0.2, -0.15) is 0 Å². The number of aromatic amines is 1. The van der Waals surface area contributed by atoms with Gasteiger partial charge in [0, 0.05) is 62.7 Å². The van der Waals surface area contributed by atoms with Gasteiger partial charge in [-0.15, -0.1) is 0 Å². The molecule has 264 valence electrons. The molecule has 0 aliphatic carbocycles. The van der Waals surface area contributed by atoms with Gasteiger partial charge in [-0.1, -0.05) is 78.9 Å². The second-order valence-corrected chi connectivity index (χ2v) is 12.8. The van der Waals surface area contributed by atoms with Crippen LogP contribution in [0.4, 0.5) is 10.5 Å². The number of carbonyl (C=O) groups excluding carboxylic acids is 2. The van der Waals surface area contributed by atoms with Gasteiger partial charge in [0.1, 0.15) is 11.9 Å². The molecule has 5 aromatic rings. The van der Waals surface area contributed by atoms with Crippen molar-refractivity contribution in [2.24, 2.45) is 0 Å². The number of phenols is 1. The SMILES string of the molecule is O=C(CCN1CCC(OC(=O)Nc2ccccc2-c2ccccc2)CC1)NCc1ccc(CNC[C@H](O)c2ccc(O)c3[nH]c(=O)ccc23)cc1. The number of anilines is 1. The van der Waals surface area contributed by atoms with Crippen LogP contribution in [0.15, 0.2) is 108 Å². The van der Waals surface area contributed by atoms with E-state index in [1.54, 1.807) is 12.1 Å². The first-order valence-corrected chi connectivity index (χ1v) is 17.2. The molecule has 6 N–H and O–H groups in total. The zero-order chi connectivity index (χ0) is 35.6. The molecule has 0 radical (unpaired) electrons. The Hall–Kier alpha value is -5.49. The third-order valence-electron chi connectivity index (χ3n) is 9.16. The number of aliphatic hydroxyl groups is 1. The van der Waals surface area contributed by atoms with Crippen LogP contribution in [0.25, 0.3) is 22.0 Å². The number of rotatable bonds is 13. The molecule has 11 heteroatoms. The zero-order valence-corrected chi connectivity index (χ0v) is 28.3. The van der Waals surface area contributed by atoms with Gasteiger partial charge in [-0.05, 0) is 53.3 Å². The summed E-state index contributed by atoms with van der Waals surface area (Å²) >= 11 is 0. The van der Waals surface area contributed by atoms with Crippen LogP contribution in [-0.4, -0.2) is 64.4 Å². The molecular weight excluding hydrogens is 646 g/mol. The first-order chi connectivity index (χ1) is 24.8. The lowest BCUT2D eigenvalue weighted by molar-refractivity contribution is -0.121. The number of likely N-dealkylation sites (tertiary alicyclic amines) is 1. The molecule has 0 saturated carbocycles. The molecule has 51 heavy (non-hydrogen) atoms. The fourth-order valence-electron chi connectivity index (χ4n) is 6.34. The van der Waals surface area contributed by atoms with Crippen molar-refractivity contribution in [2.45, 2.75) is 44.6 Å². The highest BCUT2D eigenvalue weighted by Crippen LogP contribution is 2.29. The van der Waals surface area contributed by atoms with Crippen LogP contribution in [-0.2, 0) is 22.6 Å². The number of fused-ring (bicyclic) bond motifs is 1. The van der Waals surface area contributed by atoms with E-state index in [-0.39, 0.29) is 29.9 Å². The largest absolute Gasteiger partial charge is 0.506 e. The minimum Gasteiger partial charge on any atom is -0.506 e. The Morgan fingerprint density at radius 2 is 1.57 bits per heavy atom. The summed E-state index contributed by atoms with van der Waals surface area (Å²) in [6, 6.07) is 31.6. The number of aromatic nitrogens is 1. The van der Waals surface area contributed by atoms with Crippen LogP contribution in [0, 0.1) is 0 Å². The number of hydrogen-bond acceptors (Lipinski definition) is 8. The van der Waals surface area contributed by atoms with Crippen molar-refractivity contribution in [1.82, 2.24) is 20.5 Å².